The molecular weight excluding hydrogens is 182 g/mol. The topological polar surface area (TPSA) is 59.4 Å². The van der Waals surface area contributed by atoms with E-state index in [1.807, 2.05) is 13.8 Å². The molecule has 0 amide bonds. The third-order valence-corrected chi connectivity index (χ3v) is 1.32. The van der Waals surface area contributed by atoms with Gasteiger partial charge in [0.15, 0.2) is 0 Å². The third kappa shape index (κ3) is 4.00. The summed E-state index contributed by atoms with van der Waals surface area (Å²) in [5.74, 6) is -1.02. The zero-order valence-electron chi connectivity index (χ0n) is 8.65. The van der Waals surface area contributed by atoms with E-state index in [1.165, 1.54) is 13.2 Å². The highest BCUT2D eigenvalue weighted by molar-refractivity contribution is 5.85. The third-order valence-electron chi connectivity index (χ3n) is 1.32. The molecule has 0 unspecified atom stereocenters. The van der Waals surface area contributed by atoms with E-state index in [0.717, 1.165) is 0 Å². The van der Waals surface area contributed by atoms with Crippen LogP contribution >= 0.6 is 0 Å². The van der Waals surface area contributed by atoms with Gasteiger partial charge in [0.1, 0.15) is 5.69 Å². The molecule has 0 aliphatic rings. The molecule has 4 heteroatoms. The number of methoxy groups -OCH3 is 1. The number of carboxylic acids is 1. The molecule has 0 saturated heterocycles. The molecule has 0 radical (unpaired) electrons. The number of aromatic nitrogens is 1. The molecule has 4 nitrogen and oxygen atoms in total. The molecule has 1 rings (SSSR count). The molecule has 78 valence electrons. The standard InChI is InChI=1S/C8H9NO3.C2H6/c1-12-5-6-3-2-4-7(9-6)8(10)11;1-2/h2-4H,5H2,1H3,(H,10,11);1-2H3. The van der Waals surface area contributed by atoms with E-state index in [-0.39, 0.29) is 5.69 Å². The monoisotopic (exact) mass is 197 g/mol. The lowest BCUT2D eigenvalue weighted by atomic mass is 10.3. The summed E-state index contributed by atoms with van der Waals surface area (Å²) >= 11 is 0. The van der Waals surface area contributed by atoms with Crippen LogP contribution in [0.3, 0.4) is 0 Å². The van der Waals surface area contributed by atoms with E-state index in [0.29, 0.717) is 12.3 Å². The van der Waals surface area contributed by atoms with Gasteiger partial charge in [-0.15, -0.1) is 0 Å². The summed E-state index contributed by atoms with van der Waals surface area (Å²) in [6.45, 7) is 4.33. The molecule has 0 aliphatic heterocycles. The van der Waals surface area contributed by atoms with Crippen LogP contribution < -0.4 is 0 Å². The Kier molecular flexibility index (Phi) is 6.32. The fraction of sp³-hybridized carbons (Fsp3) is 0.400. The maximum absolute atomic E-state index is 10.5. The van der Waals surface area contributed by atoms with Gasteiger partial charge in [-0.25, -0.2) is 9.78 Å². The largest absolute Gasteiger partial charge is 0.477 e. The first kappa shape index (κ1) is 12.6. The Labute approximate surface area is 83.6 Å². The molecule has 0 atom stereocenters. The molecule has 1 N–H and O–H groups in total. The van der Waals surface area contributed by atoms with Gasteiger partial charge in [0.2, 0.25) is 0 Å². The number of nitrogens with zero attached hydrogens (tertiary/aromatic N) is 1. The van der Waals surface area contributed by atoms with Crippen LogP contribution in [0, 0.1) is 0 Å². The van der Waals surface area contributed by atoms with Gasteiger partial charge in [-0.3, -0.25) is 0 Å². The van der Waals surface area contributed by atoms with Gasteiger partial charge in [0.25, 0.3) is 0 Å². The van der Waals surface area contributed by atoms with Gasteiger partial charge >= 0.3 is 5.97 Å². The summed E-state index contributed by atoms with van der Waals surface area (Å²) in [5.41, 5.74) is 0.668. The maximum Gasteiger partial charge on any atom is 0.354 e. The first-order valence-electron chi connectivity index (χ1n) is 4.42. The smallest absolute Gasteiger partial charge is 0.354 e. The van der Waals surface area contributed by atoms with Crippen molar-refractivity contribution in [2.75, 3.05) is 7.11 Å². The van der Waals surface area contributed by atoms with Crippen LogP contribution in [0.2, 0.25) is 0 Å². The second-order valence-electron chi connectivity index (χ2n) is 2.25. The summed E-state index contributed by atoms with van der Waals surface area (Å²) in [6.07, 6.45) is 0. The highest BCUT2D eigenvalue weighted by Gasteiger charge is 2.03. The highest BCUT2D eigenvalue weighted by Crippen LogP contribution is 2.00. The van der Waals surface area contributed by atoms with E-state index in [2.05, 4.69) is 4.98 Å². The molecule has 0 saturated carbocycles. The molecule has 1 aromatic heterocycles. The van der Waals surface area contributed by atoms with Crippen molar-refractivity contribution in [3.05, 3.63) is 29.6 Å². The average molecular weight is 197 g/mol. The van der Waals surface area contributed by atoms with Gasteiger partial charge in [-0.05, 0) is 12.1 Å². The normalized spacial score (nSPS) is 8.79. The zero-order valence-corrected chi connectivity index (χ0v) is 8.65. The summed E-state index contributed by atoms with van der Waals surface area (Å²) in [5, 5.41) is 8.57. The van der Waals surface area contributed by atoms with Crippen molar-refractivity contribution in [3.8, 4) is 0 Å². The minimum Gasteiger partial charge on any atom is -0.477 e. The van der Waals surface area contributed by atoms with Gasteiger partial charge in [0, 0.05) is 7.11 Å². The zero-order chi connectivity index (χ0) is 11.0. The Hall–Kier alpha value is -1.42. The second-order valence-corrected chi connectivity index (χ2v) is 2.25. The number of carboxylic acid groups (broad SMARTS) is 1. The molecule has 0 aliphatic carbocycles. The van der Waals surface area contributed by atoms with Crippen molar-refractivity contribution in [1.29, 1.82) is 0 Å². The SMILES string of the molecule is CC.COCc1cccc(C(=O)O)n1. The Morgan fingerprint density at radius 1 is 1.50 bits per heavy atom. The van der Waals surface area contributed by atoms with E-state index < -0.39 is 5.97 Å². The van der Waals surface area contributed by atoms with Gasteiger partial charge < -0.3 is 9.84 Å². The van der Waals surface area contributed by atoms with E-state index in [4.69, 9.17) is 9.84 Å². The fourth-order valence-corrected chi connectivity index (χ4v) is 0.827. The first-order chi connectivity index (χ1) is 6.74. The van der Waals surface area contributed by atoms with Crippen molar-refractivity contribution >= 4 is 5.97 Å². The number of pyridine rings is 1. The average Bonchev–Trinajstić information content (AvgIpc) is 2.22. The van der Waals surface area contributed by atoms with E-state index in [9.17, 15) is 4.79 Å². The molecule has 0 bridgehead atoms. The Balaban J connectivity index is 0.000000791. The minimum absolute atomic E-state index is 0.0459. The number of hydrogen-bond acceptors (Lipinski definition) is 3. The van der Waals surface area contributed by atoms with Crippen molar-refractivity contribution < 1.29 is 14.6 Å². The van der Waals surface area contributed by atoms with Crippen LogP contribution in [0.25, 0.3) is 0 Å². The van der Waals surface area contributed by atoms with Crippen molar-refractivity contribution in [2.45, 2.75) is 20.5 Å². The molecule has 0 spiro atoms. The summed E-state index contributed by atoms with van der Waals surface area (Å²) in [6, 6.07) is 4.81. The number of rotatable bonds is 3. The molecule has 14 heavy (non-hydrogen) atoms. The highest BCUT2D eigenvalue weighted by atomic mass is 16.5. The van der Waals surface area contributed by atoms with Crippen LogP contribution in [0.15, 0.2) is 18.2 Å². The van der Waals surface area contributed by atoms with E-state index in [1.54, 1.807) is 12.1 Å². The molecule has 0 fully saturated rings. The number of carbonyl (C=O) groups is 1. The lowest BCUT2D eigenvalue weighted by molar-refractivity contribution is 0.0689. The molecule has 1 aromatic rings. The molecular formula is C10H15NO3. The first-order valence-corrected chi connectivity index (χ1v) is 4.42. The van der Waals surface area contributed by atoms with Crippen LogP contribution in [0.5, 0.6) is 0 Å². The Morgan fingerprint density at radius 3 is 2.64 bits per heavy atom. The lowest BCUT2D eigenvalue weighted by Gasteiger charge is -1.98. The summed E-state index contributed by atoms with van der Waals surface area (Å²) < 4.78 is 4.81. The quantitative estimate of drug-likeness (QED) is 0.804. The fourth-order valence-electron chi connectivity index (χ4n) is 0.827. The van der Waals surface area contributed by atoms with E-state index >= 15 is 0 Å². The minimum atomic E-state index is -1.02. The lowest BCUT2D eigenvalue weighted by Crippen LogP contribution is -2.02. The van der Waals surface area contributed by atoms with Gasteiger partial charge in [-0.1, -0.05) is 19.9 Å². The van der Waals surface area contributed by atoms with Crippen LogP contribution in [0.4, 0.5) is 0 Å². The molecule has 1 heterocycles. The predicted octanol–water partition coefficient (Wildman–Crippen LogP) is 1.95. The number of hydrogen-bond donors (Lipinski definition) is 1. The van der Waals surface area contributed by atoms with Crippen LogP contribution in [0.1, 0.15) is 30.0 Å². The van der Waals surface area contributed by atoms with Gasteiger partial charge in [0.05, 0.1) is 12.3 Å². The van der Waals surface area contributed by atoms with Gasteiger partial charge in [-0.2, -0.15) is 0 Å². The number of aromatic carboxylic acids is 1. The Morgan fingerprint density at radius 2 is 2.14 bits per heavy atom. The predicted molar refractivity (Wildman–Crippen MR) is 53.3 cm³/mol. The van der Waals surface area contributed by atoms with Crippen LogP contribution in [-0.2, 0) is 11.3 Å². The molecule has 0 aromatic carbocycles. The van der Waals surface area contributed by atoms with Crippen molar-refractivity contribution in [2.24, 2.45) is 0 Å². The second kappa shape index (κ2) is 7.03. The number of ether oxygens (including phenoxy) is 1. The summed E-state index contributed by atoms with van der Waals surface area (Å²) in [4.78, 5) is 14.3. The van der Waals surface area contributed by atoms with Crippen molar-refractivity contribution in [1.82, 2.24) is 4.98 Å². The van der Waals surface area contributed by atoms with Crippen LogP contribution in [-0.4, -0.2) is 23.2 Å². The Bertz CT molecular complexity index is 286. The van der Waals surface area contributed by atoms with Crippen molar-refractivity contribution in [3.63, 3.8) is 0 Å². The summed E-state index contributed by atoms with van der Waals surface area (Å²) in [7, 11) is 1.54. The maximum atomic E-state index is 10.5.